The molecule has 0 aromatic heterocycles. The Morgan fingerprint density at radius 2 is 1.95 bits per heavy atom. The van der Waals surface area contributed by atoms with Gasteiger partial charge in [0.25, 0.3) is 0 Å². The van der Waals surface area contributed by atoms with Gasteiger partial charge >= 0.3 is 0 Å². The molecule has 0 bridgehead atoms. The molecule has 0 heterocycles. The lowest BCUT2D eigenvalue weighted by atomic mass is 10.2. The van der Waals surface area contributed by atoms with Gasteiger partial charge in [0, 0.05) is 32.1 Å². The maximum Gasteiger partial charge on any atom is 0.228 e. The second kappa shape index (κ2) is 7.64. The van der Waals surface area contributed by atoms with E-state index in [4.69, 9.17) is 5.73 Å². The standard InChI is InChI=1S/C15H24N4O2/c1-5-19(15(21)8-9-18(3)4)14-7-6-12(16)10-13(14)17-11(2)20/h6-7,10H,5,8-9,16H2,1-4H3,(H,17,20). The summed E-state index contributed by atoms with van der Waals surface area (Å²) in [5, 5.41) is 2.73. The number of benzene rings is 1. The molecule has 0 radical (unpaired) electrons. The van der Waals surface area contributed by atoms with E-state index in [9.17, 15) is 9.59 Å². The van der Waals surface area contributed by atoms with Crippen LogP contribution in [0.3, 0.4) is 0 Å². The van der Waals surface area contributed by atoms with Crippen LogP contribution in [0, 0.1) is 0 Å². The highest BCUT2D eigenvalue weighted by molar-refractivity contribution is 6.01. The van der Waals surface area contributed by atoms with Gasteiger partial charge in [-0.15, -0.1) is 0 Å². The predicted molar refractivity (Wildman–Crippen MR) is 86.4 cm³/mol. The van der Waals surface area contributed by atoms with Gasteiger partial charge in [-0.1, -0.05) is 0 Å². The minimum absolute atomic E-state index is 0.0163. The molecule has 0 atom stereocenters. The lowest BCUT2D eigenvalue weighted by Gasteiger charge is -2.25. The molecule has 0 spiro atoms. The van der Waals surface area contributed by atoms with Crippen molar-refractivity contribution >= 4 is 28.9 Å². The molecule has 1 aromatic carbocycles. The summed E-state index contributed by atoms with van der Waals surface area (Å²) in [7, 11) is 3.85. The zero-order valence-electron chi connectivity index (χ0n) is 13.1. The van der Waals surface area contributed by atoms with E-state index in [0.717, 1.165) is 0 Å². The molecule has 6 heteroatoms. The molecular weight excluding hydrogens is 268 g/mol. The average molecular weight is 292 g/mol. The number of amides is 2. The van der Waals surface area contributed by atoms with E-state index >= 15 is 0 Å². The smallest absolute Gasteiger partial charge is 0.228 e. The van der Waals surface area contributed by atoms with E-state index in [1.807, 2.05) is 25.9 Å². The maximum atomic E-state index is 12.4. The Balaban J connectivity index is 3.03. The minimum Gasteiger partial charge on any atom is -0.399 e. The van der Waals surface area contributed by atoms with Crippen molar-refractivity contribution in [2.75, 3.05) is 43.1 Å². The number of nitrogens with zero attached hydrogens (tertiary/aromatic N) is 2. The van der Waals surface area contributed by atoms with Crippen molar-refractivity contribution in [1.82, 2.24) is 4.90 Å². The third-order valence-corrected chi connectivity index (χ3v) is 3.01. The van der Waals surface area contributed by atoms with Crippen molar-refractivity contribution in [1.29, 1.82) is 0 Å². The van der Waals surface area contributed by atoms with Crippen LogP contribution in [0.5, 0.6) is 0 Å². The van der Waals surface area contributed by atoms with Gasteiger partial charge in [-0.25, -0.2) is 0 Å². The number of anilines is 3. The average Bonchev–Trinajstić information content (AvgIpc) is 2.38. The molecule has 21 heavy (non-hydrogen) atoms. The summed E-state index contributed by atoms with van der Waals surface area (Å²) in [4.78, 5) is 27.3. The number of hydrogen-bond acceptors (Lipinski definition) is 4. The molecule has 1 rings (SSSR count). The van der Waals surface area contributed by atoms with Gasteiger partial charge in [0.2, 0.25) is 11.8 Å². The molecule has 3 N–H and O–H groups in total. The molecule has 1 aromatic rings. The van der Waals surface area contributed by atoms with Gasteiger partial charge < -0.3 is 20.9 Å². The van der Waals surface area contributed by atoms with Crippen LogP contribution in [0.4, 0.5) is 17.1 Å². The van der Waals surface area contributed by atoms with Gasteiger partial charge in [0.05, 0.1) is 11.4 Å². The number of nitrogens with two attached hydrogens (primary N) is 1. The van der Waals surface area contributed by atoms with Crippen LogP contribution < -0.4 is 16.0 Å². The highest BCUT2D eigenvalue weighted by Crippen LogP contribution is 2.28. The first-order valence-electron chi connectivity index (χ1n) is 6.97. The first-order valence-corrected chi connectivity index (χ1v) is 6.97. The summed E-state index contributed by atoms with van der Waals surface area (Å²) in [6.07, 6.45) is 0.421. The molecule has 0 saturated heterocycles. The molecule has 0 unspecified atom stereocenters. The van der Waals surface area contributed by atoms with Crippen LogP contribution >= 0.6 is 0 Å². The van der Waals surface area contributed by atoms with Crippen molar-refractivity contribution < 1.29 is 9.59 Å². The van der Waals surface area contributed by atoms with Crippen LogP contribution in [0.25, 0.3) is 0 Å². The van der Waals surface area contributed by atoms with Crippen LogP contribution in [0.15, 0.2) is 18.2 Å². The van der Waals surface area contributed by atoms with E-state index in [2.05, 4.69) is 5.32 Å². The van der Waals surface area contributed by atoms with Gasteiger partial charge in [-0.3, -0.25) is 9.59 Å². The number of carbonyl (C=O) groups is 2. The topological polar surface area (TPSA) is 78.7 Å². The van der Waals surface area contributed by atoms with E-state index in [1.165, 1.54) is 6.92 Å². The molecule has 0 saturated carbocycles. The summed E-state index contributed by atoms with van der Waals surface area (Å²) >= 11 is 0. The molecule has 0 fully saturated rings. The van der Waals surface area contributed by atoms with Gasteiger partial charge in [0.1, 0.15) is 0 Å². The molecule has 0 aliphatic rings. The number of rotatable bonds is 6. The molecule has 116 valence electrons. The zero-order valence-corrected chi connectivity index (χ0v) is 13.1. The highest BCUT2D eigenvalue weighted by atomic mass is 16.2. The Hall–Kier alpha value is -2.08. The fourth-order valence-electron chi connectivity index (χ4n) is 2.01. The summed E-state index contributed by atoms with van der Waals surface area (Å²) in [6.45, 7) is 4.54. The summed E-state index contributed by atoms with van der Waals surface area (Å²) in [5.74, 6) is -0.179. The quantitative estimate of drug-likeness (QED) is 0.779. The fraction of sp³-hybridized carbons (Fsp3) is 0.467. The van der Waals surface area contributed by atoms with E-state index in [1.54, 1.807) is 23.1 Å². The maximum absolute atomic E-state index is 12.4. The third kappa shape index (κ3) is 5.07. The fourth-order valence-corrected chi connectivity index (χ4v) is 2.01. The van der Waals surface area contributed by atoms with Crippen molar-refractivity contribution in [3.63, 3.8) is 0 Å². The lowest BCUT2D eigenvalue weighted by Crippen LogP contribution is -2.33. The van der Waals surface area contributed by atoms with Gasteiger partial charge in [-0.05, 0) is 39.2 Å². The summed E-state index contributed by atoms with van der Waals surface area (Å²) < 4.78 is 0. The van der Waals surface area contributed by atoms with Crippen LogP contribution in [0.2, 0.25) is 0 Å². The molecule has 0 aliphatic heterocycles. The summed E-state index contributed by atoms with van der Waals surface area (Å²) in [5.41, 5.74) is 7.53. The Morgan fingerprint density at radius 1 is 1.29 bits per heavy atom. The number of nitrogen functional groups attached to an aromatic ring is 1. The Morgan fingerprint density at radius 3 is 2.48 bits per heavy atom. The van der Waals surface area contributed by atoms with E-state index in [-0.39, 0.29) is 11.8 Å². The van der Waals surface area contributed by atoms with Crippen LogP contribution in [-0.2, 0) is 9.59 Å². The molecular formula is C15H24N4O2. The van der Waals surface area contributed by atoms with Crippen molar-refractivity contribution in [2.24, 2.45) is 0 Å². The van der Waals surface area contributed by atoms with Crippen LogP contribution in [-0.4, -0.2) is 43.9 Å². The first-order chi connectivity index (χ1) is 9.85. The predicted octanol–water partition coefficient (Wildman–Crippen LogP) is 1.53. The van der Waals surface area contributed by atoms with E-state index in [0.29, 0.717) is 36.6 Å². The molecule has 0 aliphatic carbocycles. The molecule has 2 amide bonds. The SMILES string of the molecule is CCN(C(=O)CCN(C)C)c1ccc(N)cc1NC(C)=O. The van der Waals surface area contributed by atoms with Crippen molar-refractivity contribution in [3.05, 3.63) is 18.2 Å². The highest BCUT2D eigenvalue weighted by Gasteiger charge is 2.18. The van der Waals surface area contributed by atoms with E-state index < -0.39 is 0 Å². The Kier molecular flexibility index (Phi) is 6.17. The monoisotopic (exact) mass is 292 g/mol. The van der Waals surface area contributed by atoms with Gasteiger partial charge in [0.15, 0.2) is 0 Å². The largest absolute Gasteiger partial charge is 0.399 e. The third-order valence-electron chi connectivity index (χ3n) is 3.01. The summed E-state index contributed by atoms with van der Waals surface area (Å²) in [6, 6.07) is 5.15. The van der Waals surface area contributed by atoms with Crippen LogP contribution in [0.1, 0.15) is 20.3 Å². The second-order valence-corrected chi connectivity index (χ2v) is 5.15. The lowest BCUT2D eigenvalue weighted by molar-refractivity contribution is -0.119. The van der Waals surface area contributed by atoms with Crippen molar-refractivity contribution in [2.45, 2.75) is 20.3 Å². The normalized spacial score (nSPS) is 10.5. The van der Waals surface area contributed by atoms with Gasteiger partial charge in [-0.2, -0.15) is 0 Å². The minimum atomic E-state index is -0.196. The second-order valence-electron chi connectivity index (χ2n) is 5.15. The number of nitrogens with one attached hydrogen (secondary N) is 1. The first kappa shape index (κ1) is 17.0. The Labute approximate surface area is 125 Å². The number of hydrogen-bond donors (Lipinski definition) is 2. The molecule has 6 nitrogen and oxygen atoms in total. The number of carbonyl (C=O) groups excluding carboxylic acids is 2. The Bertz CT molecular complexity index is 514. The van der Waals surface area contributed by atoms with Crippen molar-refractivity contribution in [3.8, 4) is 0 Å². The zero-order chi connectivity index (χ0) is 16.0.